The molecular formula is C31H36F3NO6. The van der Waals surface area contributed by atoms with Gasteiger partial charge in [0, 0.05) is 23.6 Å². The number of aromatic nitrogens is 1. The fourth-order valence-electron chi connectivity index (χ4n) is 3.88. The Bertz CT molecular complexity index is 1390. The lowest BCUT2D eigenvalue weighted by molar-refractivity contribution is -0.274. The van der Waals surface area contributed by atoms with Crippen LogP contribution in [0.1, 0.15) is 37.1 Å². The summed E-state index contributed by atoms with van der Waals surface area (Å²) in [6.07, 6.45) is 4.82. The maximum Gasteiger partial charge on any atom is 0.573 e. The van der Waals surface area contributed by atoms with Crippen LogP contribution < -0.4 is 9.47 Å². The second-order valence-electron chi connectivity index (χ2n) is 8.97. The summed E-state index contributed by atoms with van der Waals surface area (Å²) in [6, 6.07) is 11.3. The molecule has 1 atom stereocenters. The Morgan fingerprint density at radius 3 is 2.46 bits per heavy atom. The Hall–Kier alpha value is -4.18. The topological polar surface area (TPSA) is 90.2 Å². The van der Waals surface area contributed by atoms with E-state index in [2.05, 4.69) is 11.7 Å². The molecular weight excluding hydrogens is 539 g/mol. The molecule has 41 heavy (non-hydrogen) atoms. The molecule has 0 aliphatic carbocycles. The molecule has 3 rings (SSSR count). The number of halogens is 3. The molecule has 0 aliphatic heterocycles. The maximum absolute atomic E-state index is 12.6. The molecule has 0 saturated heterocycles. The number of allylic oxidation sites excluding steroid dienone is 4. The first-order chi connectivity index (χ1) is 19.4. The molecule has 0 fully saturated rings. The number of alkyl halides is 3. The van der Waals surface area contributed by atoms with Gasteiger partial charge in [0.05, 0.1) is 13.7 Å². The average Bonchev–Trinajstić information content (AvgIpc) is 3.14. The van der Waals surface area contributed by atoms with Gasteiger partial charge in [0.25, 0.3) is 0 Å². The Kier molecular flexibility index (Phi) is 12.5. The summed E-state index contributed by atoms with van der Waals surface area (Å²) in [5, 5.41) is 18.1. The molecule has 1 unspecified atom stereocenters. The Morgan fingerprint density at radius 1 is 1.12 bits per heavy atom. The van der Waals surface area contributed by atoms with Gasteiger partial charge in [-0.1, -0.05) is 37.3 Å². The van der Waals surface area contributed by atoms with Crippen molar-refractivity contribution >= 4 is 16.9 Å². The zero-order valence-electron chi connectivity index (χ0n) is 23.7. The van der Waals surface area contributed by atoms with E-state index in [-0.39, 0.29) is 12.4 Å². The van der Waals surface area contributed by atoms with Crippen molar-refractivity contribution in [1.82, 2.24) is 4.57 Å². The predicted octanol–water partition coefficient (Wildman–Crippen LogP) is 6.86. The minimum atomic E-state index is -4.76. The van der Waals surface area contributed by atoms with Crippen molar-refractivity contribution in [2.75, 3.05) is 13.7 Å². The monoisotopic (exact) mass is 575 g/mol. The Balaban J connectivity index is 0.000000415. The van der Waals surface area contributed by atoms with Crippen molar-refractivity contribution in [1.29, 1.82) is 0 Å². The van der Waals surface area contributed by atoms with Crippen molar-refractivity contribution in [3.05, 3.63) is 95.4 Å². The number of hydrogen-bond donors (Lipinski definition) is 2. The van der Waals surface area contributed by atoms with Crippen LogP contribution in [0.25, 0.3) is 10.9 Å². The molecule has 0 bridgehead atoms. The van der Waals surface area contributed by atoms with Gasteiger partial charge in [-0.25, -0.2) is 4.79 Å². The van der Waals surface area contributed by atoms with Crippen LogP contribution in [-0.2, 0) is 23.0 Å². The first-order valence-electron chi connectivity index (χ1n) is 12.9. The number of aliphatic hydroxyl groups is 1. The van der Waals surface area contributed by atoms with Gasteiger partial charge in [0.2, 0.25) is 0 Å². The number of rotatable bonds is 11. The molecule has 0 radical (unpaired) electrons. The van der Waals surface area contributed by atoms with Crippen LogP contribution in [0.3, 0.4) is 0 Å². The number of fused-ring (bicyclic) bond motifs is 1. The summed E-state index contributed by atoms with van der Waals surface area (Å²) in [4.78, 5) is 11.0. The van der Waals surface area contributed by atoms with Crippen molar-refractivity contribution in [3.8, 4) is 11.5 Å². The molecule has 3 aromatic rings. The number of aryl methyl sites for hydroxylation is 1. The summed E-state index contributed by atoms with van der Waals surface area (Å²) < 4.78 is 54.2. The Morgan fingerprint density at radius 2 is 1.85 bits per heavy atom. The van der Waals surface area contributed by atoms with Crippen molar-refractivity contribution in [3.63, 3.8) is 0 Å². The largest absolute Gasteiger partial charge is 0.573 e. The first-order valence-corrected chi connectivity index (χ1v) is 12.9. The maximum atomic E-state index is 12.6. The lowest BCUT2D eigenvalue weighted by Gasteiger charge is -2.12. The molecule has 0 saturated carbocycles. The summed E-state index contributed by atoms with van der Waals surface area (Å²) >= 11 is 0. The number of aliphatic carboxylic acids is 1. The van der Waals surface area contributed by atoms with Gasteiger partial charge in [0.1, 0.15) is 17.3 Å². The second kappa shape index (κ2) is 15.6. The molecule has 7 nitrogen and oxygen atoms in total. The summed E-state index contributed by atoms with van der Waals surface area (Å²) in [7, 11) is 3.47. The van der Waals surface area contributed by atoms with E-state index in [9.17, 15) is 18.0 Å². The SMILES string of the molecule is CC\C=C/C(=C\C=C\CO)OC.Cc1c(Cc2cccc(OC(C)C(=O)O)c2)c2cc(OC(F)(F)F)ccc2n1C. The quantitative estimate of drug-likeness (QED) is 0.192. The Labute approximate surface area is 237 Å². The van der Waals surface area contributed by atoms with Crippen LogP contribution >= 0.6 is 0 Å². The van der Waals surface area contributed by atoms with Crippen molar-refractivity contribution in [2.24, 2.45) is 7.05 Å². The number of carbonyl (C=O) groups is 1. The van der Waals surface area contributed by atoms with Gasteiger partial charge in [-0.2, -0.15) is 0 Å². The molecule has 10 heteroatoms. The third-order valence-electron chi connectivity index (χ3n) is 6.02. The molecule has 2 N–H and O–H groups in total. The lowest BCUT2D eigenvalue weighted by Crippen LogP contribution is -2.22. The first kappa shape index (κ1) is 33.0. The van der Waals surface area contributed by atoms with E-state index in [0.29, 0.717) is 17.6 Å². The third kappa shape index (κ3) is 10.4. The number of aliphatic hydroxyl groups excluding tert-OH is 1. The van der Waals surface area contributed by atoms with Gasteiger partial charge in [0.15, 0.2) is 6.10 Å². The highest BCUT2D eigenvalue weighted by Gasteiger charge is 2.31. The number of carboxylic acid groups (broad SMARTS) is 1. The highest BCUT2D eigenvalue weighted by atomic mass is 19.4. The molecule has 1 heterocycles. The number of nitrogens with zero attached hydrogens (tertiary/aromatic N) is 1. The molecule has 222 valence electrons. The number of hydrogen-bond acceptors (Lipinski definition) is 5. The number of benzene rings is 2. The van der Waals surface area contributed by atoms with Crippen LogP contribution in [0.15, 0.2) is 78.6 Å². The van der Waals surface area contributed by atoms with E-state index in [0.717, 1.165) is 34.5 Å². The standard InChI is InChI=1S/C21H20F3NO4.C10H16O2/c1-12-17(10-14-5-4-6-15(9-14)28-13(2)20(26)27)18-11-16(29-21(22,23)24)7-8-19(18)25(12)3;1-3-4-7-10(12-2)8-5-6-9-11/h4-9,11,13H,10H2,1-3H3,(H,26,27);4-8,11H,3,9H2,1-2H3/b;6-5+,7-4-,10-8+. The molecule has 1 aromatic heterocycles. The van der Waals surface area contributed by atoms with E-state index in [1.807, 2.05) is 42.8 Å². The third-order valence-corrected chi connectivity index (χ3v) is 6.02. The highest BCUT2D eigenvalue weighted by Crippen LogP contribution is 2.33. The summed E-state index contributed by atoms with van der Waals surface area (Å²) in [5.41, 5.74) is 3.41. The van der Waals surface area contributed by atoms with Gasteiger partial charge in [-0.3, -0.25) is 0 Å². The van der Waals surface area contributed by atoms with Crippen LogP contribution in [0.2, 0.25) is 0 Å². The molecule has 0 amide bonds. The van der Waals surface area contributed by atoms with Crippen LogP contribution in [0.4, 0.5) is 13.2 Å². The normalized spacial score (nSPS) is 12.9. The van der Waals surface area contributed by atoms with Crippen molar-refractivity contribution < 1.29 is 42.4 Å². The van der Waals surface area contributed by atoms with Gasteiger partial charge in [-0.15, -0.1) is 13.2 Å². The van der Waals surface area contributed by atoms with E-state index in [1.165, 1.54) is 19.1 Å². The predicted molar refractivity (Wildman–Crippen MR) is 152 cm³/mol. The fourth-order valence-corrected chi connectivity index (χ4v) is 3.88. The van der Waals surface area contributed by atoms with Crippen LogP contribution in [0, 0.1) is 6.92 Å². The lowest BCUT2D eigenvalue weighted by atomic mass is 10.0. The zero-order chi connectivity index (χ0) is 30.6. The minimum absolute atomic E-state index is 0.0605. The number of methoxy groups -OCH3 is 1. The summed E-state index contributed by atoms with van der Waals surface area (Å²) in [5.74, 6) is -0.139. The van der Waals surface area contributed by atoms with Gasteiger partial charge < -0.3 is 29.0 Å². The van der Waals surface area contributed by atoms with E-state index >= 15 is 0 Å². The van der Waals surface area contributed by atoms with E-state index in [4.69, 9.17) is 19.7 Å². The highest BCUT2D eigenvalue weighted by molar-refractivity contribution is 5.87. The fraction of sp³-hybridized carbons (Fsp3) is 0.323. The van der Waals surface area contributed by atoms with Crippen molar-refractivity contribution in [2.45, 2.75) is 46.1 Å². The molecule has 2 aromatic carbocycles. The minimum Gasteiger partial charge on any atom is -0.497 e. The second-order valence-corrected chi connectivity index (χ2v) is 8.97. The summed E-state index contributed by atoms with van der Waals surface area (Å²) in [6.45, 7) is 5.46. The smallest absolute Gasteiger partial charge is 0.497 e. The van der Waals surface area contributed by atoms with E-state index in [1.54, 1.807) is 43.5 Å². The molecule has 0 aliphatic rings. The van der Waals surface area contributed by atoms with Crippen LogP contribution in [0.5, 0.6) is 11.5 Å². The average molecular weight is 576 g/mol. The number of ether oxygens (including phenoxy) is 3. The van der Waals surface area contributed by atoms with Gasteiger partial charge >= 0.3 is 12.3 Å². The van der Waals surface area contributed by atoms with E-state index < -0.39 is 18.4 Å². The molecule has 0 spiro atoms. The zero-order valence-corrected chi connectivity index (χ0v) is 23.7. The van der Waals surface area contributed by atoms with Crippen LogP contribution in [-0.4, -0.2) is 46.9 Å². The number of carboxylic acids is 1. The van der Waals surface area contributed by atoms with Gasteiger partial charge in [-0.05, 0) is 80.3 Å².